The monoisotopic (exact) mass is 679 g/mol. The van der Waals surface area contributed by atoms with Gasteiger partial charge in [-0.2, -0.15) is 0 Å². The molecule has 0 fully saturated rings. The molecule has 50 heavy (non-hydrogen) atoms. The maximum atomic E-state index is 14.0. The van der Waals surface area contributed by atoms with Crippen LogP contribution in [0.4, 0.5) is 0 Å². The normalized spacial score (nSPS) is 12.9. The van der Waals surface area contributed by atoms with Crippen LogP contribution in [0.25, 0.3) is 44.4 Å². The van der Waals surface area contributed by atoms with Gasteiger partial charge in [0.05, 0.1) is 35.5 Å². The van der Waals surface area contributed by atoms with Crippen molar-refractivity contribution in [2.24, 2.45) is 0 Å². The number of allylic oxidation sites excluding steroid dienone is 3. The lowest BCUT2D eigenvalue weighted by molar-refractivity contribution is -0.140. The number of carboxylic acid groups (broad SMARTS) is 1. The van der Waals surface area contributed by atoms with Gasteiger partial charge in [-0.25, -0.2) is 14.8 Å². The van der Waals surface area contributed by atoms with E-state index >= 15 is 0 Å². The van der Waals surface area contributed by atoms with Gasteiger partial charge in [-0.15, -0.1) is 0 Å². The number of amides is 1. The molecule has 5 heterocycles. The first kappa shape index (κ1) is 36.3. The van der Waals surface area contributed by atoms with E-state index in [4.69, 9.17) is 14.7 Å². The van der Waals surface area contributed by atoms with Crippen molar-refractivity contribution in [3.8, 4) is 0 Å². The highest BCUT2D eigenvalue weighted by Crippen LogP contribution is 2.40. The Hall–Kier alpha value is -4.99. The molecular weight excluding hydrogens is 630 g/mol. The van der Waals surface area contributed by atoms with Gasteiger partial charge in [0.25, 0.3) is 5.91 Å². The Morgan fingerprint density at radius 2 is 1.36 bits per heavy atom. The number of rotatable bonds is 12. The molecule has 0 atom stereocenters. The van der Waals surface area contributed by atoms with Crippen LogP contribution in [0.1, 0.15) is 129 Å². The van der Waals surface area contributed by atoms with Crippen LogP contribution in [0.2, 0.25) is 0 Å². The van der Waals surface area contributed by atoms with Gasteiger partial charge in [0.15, 0.2) is 0 Å². The molecule has 10 nitrogen and oxygen atoms in total. The SMILES string of the molecule is CCCCCCNC(=O)C1=C(C)c2cc3[nH]c(cc4[nH]c(cc5nc(c(C(=O)O)c1n2)C(CCC(=O)OC)=C5C)c(C)c4CC)c(C)c3CC. The van der Waals surface area contributed by atoms with Gasteiger partial charge >= 0.3 is 11.9 Å². The Labute approximate surface area is 293 Å². The Bertz CT molecular complexity index is 2100. The molecule has 264 valence electrons. The number of fused-ring (bicyclic) bond motifs is 8. The molecule has 0 radical (unpaired) electrons. The minimum absolute atomic E-state index is 0.0364. The summed E-state index contributed by atoms with van der Waals surface area (Å²) < 4.78 is 4.93. The van der Waals surface area contributed by atoms with Gasteiger partial charge < -0.3 is 25.1 Å². The zero-order chi connectivity index (χ0) is 36.3. The van der Waals surface area contributed by atoms with Crippen LogP contribution in [-0.4, -0.2) is 56.5 Å². The summed E-state index contributed by atoms with van der Waals surface area (Å²) in [4.78, 5) is 56.8. The molecule has 3 aromatic heterocycles. The van der Waals surface area contributed by atoms with Crippen LogP contribution < -0.4 is 5.32 Å². The number of aryl methyl sites for hydroxylation is 4. The standard InChI is InChI=1S/C40H49N5O5/c1-9-12-13-14-17-41-39(47)35-24(7)31-20-33-26(11-3)22(5)29(43-33)19-32-25(10-2)21(4)28(42-32)18-30-23(6)27(15-16-34(46)50-8)37(44-30)36(40(48)49)38(35)45-31/h18-20,42-43H,9-17H2,1-8H3,(H,41,47)(H,48,49). The van der Waals surface area contributed by atoms with Crippen molar-refractivity contribution in [2.45, 2.75) is 99.8 Å². The second-order valence-electron chi connectivity index (χ2n) is 13.1. The maximum absolute atomic E-state index is 14.0. The number of esters is 1. The lowest BCUT2D eigenvalue weighted by Crippen LogP contribution is -2.26. The number of hydrogen-bond acceptors (Lipinski definition) is 6. The second kappa shape index (κ2) is 15.3. The minimum Gasteiger partial charge on any atom is -0.478 e. The summed E-state index contributed by atoms with van der Waals surface area (Å²) >= 11 is 0. The lowest BCUT2D eigenvalue weighted by atomic mass is 9.95. The maximum Gasteiger partial charge on any atom is 0.340 e. The Kier molecular flexibility index (Phi) is 11.1. The number of carboxylic acids is 1. The number of carbonyl (C=O) groups is 3. The Morgan fingerprint density at radius 3 is 1.96 bits per heavy atom. The van der Waals surface area contributed by atoms with Crippen LogP contribution in [0.3, 0.4) is 0 Å². The van der Waals surface area contributed by atoms with Crippen LogP contribution in [-0.2, 0) is 27.2 Å². The van der Waals surface area contributed by atoms with E-state index in [0.717, 1.165) is 82.9 Å². The molecular formula is C40H49N5O5. The van der Waals surface area contributed by atoms with Crippen molar-refractivity contribution >= 4 is 62.2 Å². The van der Waals surface area contributed by atoms with E-state index in [1.54, 1.807) is 0 Å². The van der Waals surface area contributed by atoms with Crippen LogP contribution in [0.15, 0.2) is 18.2 Å². The third-order valence-corrected chi connectivity index (χ3v) is 10.1. The largest absolute Gasteiger partial charge is 0.478 e. The third kappa shape index (κ3) is 6.88. The molecule has 1 amide bonds. The highest BCUT2D eigenvalue weighted by molar-refractivity contribution is 6.29. The van der Waals surface area contributed by atoms with Crippen molar-refractivity contribution in [1.29, 1.82) is 0 Å². The van der Waals surface area contributed by atoms with Crippen molar-refractivity contribution < 1.29 is 24.2 Å². The van der Waals surface area contributed by atoms with Gasteiger partial charge in [0.2, 0.25) is 0 Å². The molecule has 2 aliphatic rings. The van der Waals surface area contributed by atoms with E-state index in [9.17, 15) is 19.5 Å². The fraction of sp³-hybridized carbons (Fsp3) is 0.425. The number of nitrogens with zero attached hydrogens (tertiary/aromatic N) is 2. The number of nitrogens with one attached hydrogen (secondary N) is 3. The van der Waals surface area contributed by atoms with Gasteiger partial charge in [-0.05, 0) is 111 Å². The number of aromatic amines is 2. The number of H-pyrrole nitrogens is 2. The number of aromatic nitrogens is 4. The molecule has 0 aliphatic carbocycles. The first-order valence-electron chi connectivity index (χ1n) is 17.7. The summed E-state index contributed by atoms with van der Waals surface area (Å²) in [7, 11) is 1.33. The number of ether oxygens (including phenoxy) is 1. The number of unbranched alkanes of at least 4 members (excludes halogenated alkanes) is 3. The fourth-order valence-corrected chi connectivity index (χ4v) is 7.13. The summed E-state index contributed by atoms with van der Waals surface area (Å²) in [5.74, 6) is -2.05. The van der Waals surface area contributed by atoms with Crippen LogP contribution in [0.5, 0.6) is 0 Å². The topological polar surface area (TPSA) is 150 Å². The highest BCUT2D eigenvalue weighted by atomic mass is 16.5. The molecule has 4 N–H and O–H groups in total. The third-order valence-electron chi connectivity index (χ3n) is 10.1. The first-order chi connectivity index (χ1) is 23.9. The molecule has 0 saturated heterocycles. The van der Waals surface area contributed by atoms with Crippen molar-refractivity contribution in [1.82, 2.24) is 25.3 Å². The summed E-state index contributed by atoms with van der Waals surface area (Å²) in [6.45, 7) is 14.7. The summed E-state index contributed by atoms with van der Waals surface area (Å²) in [6, 6.07) is 6.00. The second-order valence-corrected chi connectivity index (χ2v) is 13.1. The van der Waals surface area contributed by atoms with E-state index in [0.29, 0.717) is 29.1 Å². The predicted octanol–water partition coefficient (Wildman–Crippen LogP) is 8.27. The Balaban J connectivity index is 1.93. The predicted molar refractivity (Wildman–Crippen MR) is 200 cm³/mol. The van der Waals surface area contributed by atoms with Gasteiger partial charge in [0.1, 0.15) is 5.56 Å². The van der Waals surface area contributed by atoms with Crippen molar-refractivity contribution in [2.75, 3.05) is 13.7 Å². The van der Waals surface area contributed by atoms with Crippen LogP contribution in [0, 0.1) is 13.8 Å². The molecule has 5 rings (SSSR count). The van der Waals surface area contributed by atoms with E-state index < -0.39 is 11.9 Å². The fourth-order valence-electron chi connectivity index (χ4n) is 7.13. The summed E-state index contributed by atoms with van der Waals surface area (Å²) in [6.07, 6.45) is 5.76. The van der Waals surface area contributed by atoms with Gasteiger partial charge in [-0.3, -0.25) is 9.59 Å². The number of hydrogen-bond donors (Lipinski definition) is 4. The zero-order valence-electron chi connectivity index (χ0n) is 30.6. The molecule has 10 heteroatoms. The number of methoxy groups -OCH3 is 1. The molecule has 0 spiro atoms. The van der Waals surface area contributed by atoms with Crippen molar-refractivity contribution in [3.05, 3.63) is 68.8 Å². The number of carbonyl (C=O) groups excluding carboxylic acids is 2. The molecule has 2 aliphatic heterocycles. The Morgan fingerprint density at radius 1 is 0.780 bits per heavy atom. The molecule has 0 unspecified atom stereocenters. The molecule has 0 saturated carbocycles. The quantitative estimate of drug-likeness (QED) is 0.111. The van der Waals surface area contributed by atoms with Crippen LogP contribution >= 0.6 is 0 Å². The van der Waals surface area contributed by atoms with Gasteiger partial charge in [-0.1, -0.05) is 40.0 Å². The lowest BCUT2D eigenvalue weighted by Gasteiger charge is -2.11. The van der Waals surface area contributed by atoms with E-state index in [1.165, 1.54) is 12.7 Å². The van der Waals surface area contributed by atoms with E-state index in [1.807, 2.05) is 26.0 Å². The van der Waals surface area contributed by atoms with E-state index in [2.05, 4.69) is 56.0 Å². The molecule has 0 aromatic carbocycles. The minimum atomic E-state index is -1.26. The first-order valence-corrected chi connectivity index (χ1v) is 17.7. The smallest absolute Gasteiger partial charge is 0.340 e. The highest BCUT2D eigenvalue weighted by Gasteiger charge is 2.33. The molecule has 3 aromatic rings. The van der Waals surface area contributed by atoms with Gasteiger partial charge in [0, 0.05) is 35.0 Å². The zero-order valence-corrected chi connectivity index (χ0v) is 30.6. The average Bonchev–Trinajstić information content (AvgIpc) is 3.76. The van der Waals surface area contributed by atoms with E-state index in [-0.39, 0.29) is 41.3 Å². The summed E-state index contributed by atoms with van der Waals surface area (Å²) in [5, 5.41) is 13.9. The summed E-state index contributed by atoms with van der Waals surface area (Å²) in [5.41, 5.74) is 11.4. The average molecular weight is 680 g/mol. The number of aromatic carboxylic acids is 1. The van der Waals surface area contributed by atoms with Crippen molar-refractivity contribution in [3.63, 3.8) is 0 Å². The molecule has 8 bridgehead atoms.